The number of nitrogens with one attached hydrogen (secondary N) is 4. The van der Waals surface area contributed by atoms with E-state index in [0.29, 0.717) is 5.69 Å². The fraction of sp³-hybridized carbons (Fsp3) is 0.150. The van der Waals surface area contributed by atoms with Gasteiger partial charge in [0.2, 0.25) is 5.91 Å². The molecule has 8 heteroatoms. The summed E-state index contributed by atoms with van der Waals surface area (Å²) in [5.74, 6) is -1.57. The molecule has 1 atom stereocenters. The molecule has 0 radical (unpaired) electrons. The quantitative estimate of drug-likeness (QED) is 0.431. The molecule has 3 aromatic rings. The molecule has 0 saturated heterocycles. The van der Waals surface area contributed by atoms with E-state index in [1.807, 2.05) is 30.3 Å². The minimum absolute atomic E-state index is 0.114. The van der Waals surface area contributed by atoms with Crippen LogP contribution in [0.4, 0.5) is 10.5 Å². The van der Waals surface area contributed by atoms with Gasteiger partial charge in [0.25, 0.3) is 0 Å². The second-order valence-corrected chi connectivity index (χ2v) is 6.20. The second kappa shape index (κ2) is 8.72. The van der Waals surface area contributed by atoms with Crippen LogP contribution in [0.3, 0.4) is 0 Å². The number of aromatic nitrogens is 1. The number of rotatable bonds is 7. The summed E-state index contributed by atoms with van der Waals surface area (Å²) in [5, 5.41) is 17.7. The Morgan fingerprint density at radius 2 is 1.71 bits per heavy atom. The van der Waals surface area contributed by atoms with Crippen LogP contribution in [0.25, 0.3) is 10.9 Å². The zero-order valence-electron chi connectivity index (χ0n) is 14.9. The highest BCUT2D eigenvalue weighted by atomic mass is 16.4. The number of hydrogen-bond acceptors (Lipinski definition) is 3. The molecule has 1 unspecified atom stereocenters. The lowest BCUT2D eigenvalue weighted by Crippen LogP contribution is -2.48. The molecular formula is C20H20N4O4. The summed E-state index contributed by atoms with van der Waals surface area (Å²) in [5.41, 5.74) is 2.28. The van der Waals surface area contributed by atoms with Crippen molar-refractivity contribution in [2.45, 2.75) is 12.5 Å². The Kier molecular flexibility index (Phi) is 5.91. The maximum absolute atomic E-state index is 12.0. The van der Waals surface area contributed by atoms with Crippen molar-refractivity contribution in [3.05, 3.63) is 66.4 Å². The predicted octanol–water partition coefficient (Wildman–Crippen LogP) is 2.10. The first-order chi connectivity index (χ1) is 13.5. The number of carboxylic acid groups (broad SMARTS) is 1. The van der Waals surface area contributed by atoms with Gasteiger partial charge in [0, 0.05) is 29.2 Å². The van der Waals surface area contributed by atoms with Gasteiger partial charge in [-0.1, -0.05) is 36.4 Å². The number of amides is 3. The molecule has 0 aliphatic heterocycles. The van der Waals surface area contributed by atoms with E-state index in [1.54, 1.807) is 30.5 Å². The van der Waals surface area contributed by atoms with Gasteiger partial charge in [0.15, 0.2) is 0 Å². The van der Waals surface area contributed by atoms with E-state index in [9.17, 15) is 19.5 Å². The number of carbonyl (C=O) groups is 3. The maximum Gasteiger partial charge on any atom is 0.326 e. The maximum atomic E-state index is 12.0. The van der Waals surface area contributed by atoms with Crippen molar-refractivity contribution in [1.82, 2.24) is 15.6 Å². The molecular weight excluding hydrogens is 360 g/mol. The number of carboxylic acids is 1. The van der Waals surface area contributed by atoms with E-state index in [4.69, 9.17) is 0 Å². The van der Waals surface area contributed by atoms with Gasteiger partial charge in [0.05, 0.1) is 6.54 Å². The van der Waals surface area contributed by atoms with Gasteiger partial charge in [-0.25, -0.2) is 9.59 Å². The summed E-state index contributed by atoms with van der Waals surface area (Å²) in [4.78, 5) is 38.5. The first-order valence-electron chi connectivity index (χ1n) is 8.70. The lowest BCUT2D eigenvalue weighted by Gasteiger charge is -2.15. The van der Waals surface area contributed by atoms with Crippen molar-refractivity contribution < 1.29 is 19.5 Å². The van der Waals surface area contributed by atoms with Crippen molar-refractivity contribution in [3.63, 3.8) is 0 Å². The fourth-order valence-corrected chi connectivity index (χ4v) is 2.82. The van der Waals surface area contributed by atoms with Crippen LogP contribution in [0.5, 0.6) is 0 Å². The van der Waals surface area contributed by atoms with Gasteiger partial charge < -0.3 is 26.0 Å². The van der Waals surface area contributed by atoms with E-state index in [1.165, 1.54) is 0 Å². The van der Waals surface area contributed by atoms with Gasteiger partial charge in [-0.15, -0.1) is 0 Å². The van der Waals surface area contributed by atoms with E-state index in [-0.39, 0.29) is 13.0 Å². The highest BCUT2D eigenvalue weighted by molar-refractivity contribution is 5.94. The molecule has 1 aromatic heterocycles. The monoisotopic (exact) mass is 380 g/mol. The zero-order valence-corrected chi connectivity index (χ0v) is 14.9. The summed E-state index contributed by atoms with van der Waals surface area (Å²) in [6.07, 6.45) is 1.84. The Bertz CT molecular complexity index is 984. The average Bonchev–Trinajstić information content (AvgIpc) is 3.09. The van der Waals surface area contributed by atoms with Crippen LogP contribution in [0, 0.1) is 0 Å². The summed E-state index contributed by atoms with van der Waals surface area (Å²) in [6, 6.07) is 14.5. The number of aliphatic carboxylic acids is 1. The number of urea groups is 1. The molecule has 8 nitrogen and oxygen atoms in total. The summed E-state index contributed by atoms with van der Waals surface area (Å²) >= 11 is 0. The van der Waals surface area contributed by atoms with Crippen molar-refractivity contribution in [3.8, 4) is 0 Å². The van der Waals surface area contributed by atoms with Gasteiger partial charge in [-0.05, 0) is 23.8 Å². The Hall–Kier alpha value is -3.81. The van der Waals surface area contributed by atoms with E-state index in [2.05, 4.69) is 20.9 Å². The van der Waals surface area contributed by atoms with Crippen LogP contribution in [0.15, 0.2) is 60.8 Å². The molecule has 0 spiro atoms. The zero-order chi connectivity index (χ0) is 19.9. The van der Waals surface area contributed by atoms with E-state index in [0.717, 1.165) is 16.5 Å². The van der Waals surface area contributed by atoms with Crippen LogP contribution in [-0.2, 0) is 16.0 Å². The molecule has 3 amide bonds. The molecule has 0 saturated carbocycles. The van der Waals surface area contributed by atoms with Crippen molar-refractivity contribution in [2.24, 2.45) is 0 Å². The molecule has 144 valence electrons. The number of H-pyrrole nitrogens is 1. The molecule has 2 aromatic carbocycles. The van der Waals surface area contributed by atoms with Gasteiger partial charge in [-0.3, -0.25) is 4.79 Å². The summed E-state index contributed by atoms with van der Waals surface area (Å²) in [7, 11) is 0. The number of benzene rings is 2. The Balaban J connectivity index is 1.54. The number of fused-ring (bicyclic) bond motifs is 1. The highest BCUT2D eigenvalue weighted by Crippen LogP contribution is 2.19. The summed E-state index contributed by atoms with van der Waals surface area (Å²) < 4.78 is 0. The van der Waals surface area contributed by atoms with Crippen LogP contribution in [-0.4, -0.2) is 40.6 Å². The largest absolute Gasteiger partial charge is 0.480 e. The topological polar surface area (TPSA) is 123 Å². The molecule has 3 rings (SSSR count). The lowest BCUT2D eigenvalue weighted by molar-refractivity contribution is -0.139. The third kappa shape index (κ3) is 4.88. The SMILES string of the molecule is O=C(CNC(=O)NC(Cc1c[nH]c2ccccc12)C(=O)O)Nc1ccccc1. The fourth-order valence-electron chi connectivity index (χ4n) is 2.82. The van der Waals surface area contributed by atoms with Crippen LogP contribution in [0.1, 0.15) is 5.56 Å². The van der Waals surface area contributed by atoms with Gasteiger partial charge in [0.1, 0.15) is 6.04 Å². The van der Waals surface area contributed by atoms with Gasteiger partial charge >= 0.3 is 12.0 Å². The molecule has 0 aliphatic carbocycles. The molecule has 0 aliphatic rings. The number of aromatic amines is 1. The van der Waals surface area contributed by atoms with Crippen LogP contribution in [0.2, 0.25) is 0 Å². The van der Waals surface area contributed by atoms with E-state index >= 15 is 0 Å². The van der Waals surface area contributed by atoms with Crippen molar-refractivity contribution >= 4 is 34.5 Å². The average molecular weight is 380 g/mol. The van der Waals surface area contributed by atoms with Crippen molar-refractivity contribution in [2.75, 3.05) is 11.9 Å². The number of carbonyl (C=O) groups excluding carboxylic acids is 2. The number of hydrogen-bond donors (Lipinski definition) is 5. The molecule has 28 heavy (non-hydrogen) atoms. The smallest absolute Gasteiger partial charge is 0.326 e. The molecule has 0 fully saturated rings. The second-order valence-electron chi connectivity index (χ2n) is 6.20. The Morgan fingerprint density at radius 3 is 2.46 bits per heavy atom. The minimum atomic E-state index is -1.16. The first-order valence-corrected chi connectivity index (χ1v) is 8.70. The summed E-state index contributed by atoms with van der Waals surface area (Å²) in [6.45, 7) is -0.278. The molecule has 5 N–H and O–H groups in total. The van der Waals surface area contributed by atoms with Crippen LogP contribution < -0.4 is 16.0 Å². The molecule has 1 heterocycles. The highest BCUT2D eigenvalue weighted by Gasteiger charge is 2.22. The Labute approximate surface area is 160 Å². The third-order valence-corrected chi connectivity index (χ3v) is 4.17. The third-order valence-electron chi connectivity index (χ3n) is 4.17. The number of anilines is 1. The van der Waals surface area contributed by atoms with Gasteiger partial charge in [-0.2, -0.15) is 0 Å². The standard InChI is InChI=1S/C20H20N4O4/c25-18(23-14-6-2-1-3-7-14)12-22-20(28)24-17(19(26)27)10-13-11-21-16-9-5-4-8-15(13)16/h1-9,11,17,21H,10,12H2,(H,23,25)(H,26,27)(H2,22,24,28). The normalized spacial score (nSPS) is 11.6. The first kappa shape index (κ1) is 19.0. The lowest BCUT2D eigenvalue weighted by atomic mass is 10.1. The molecule has 0 bridgehead atoms. The van der Waals surface area contributed by atoms with Crippen LogP contribution >= 0.6 is 0 Å². The number of para-hydroxylation sites is 2. The van der Waals surface area contributed by atoms with E-state index < -0.39 is 23.9 Å². The minimum Gasteiger partial charge on any atom is -0.480 e. The predicted molar refractivity (Wildman–Crippen MR) is 105 cm³/mol. The van der Waals surface area contributed by atoms with Crippen molar-refractivity contribution in [1.29, 1.82) is 0 Å². The Morgan fingerprint density at radius 1 is 1.00 bits per heavy atom.